The number of rotatable bonds is 8. The molecule has 0 spiro atoms. The lowest BCUT2D eigenvalue weighted by Crippen LogP contribution is -2.60. The monoisotopic (exact) mass is 584 g/mol. The largest absolute Gasteiger partial charge is 0.508 e. The second kappa shape index (κ2) is 12.6. The van der Waals surface area contributed by atoms with Crippen molar-refractivity contribution in [3.63, 3.8) is 0 Å². The Morgan fingerprint density at radius 3 is 1.66 bits per heavy atom. The van der Waals surface area contributed by atoms with Crippen molar-refractivity contribution < 1.29 is 70.0 Å². The molecule has 14 nitrogen and oxygen atoms in total. The summed E-state index contributed by atoms with van der Waals surface area (Å²) in [6, 6.07) is 5.49. The van der Waals surface area contributed by atoms with Gasteiger partial charge >= 0.3 is 0 Å². The summed E-state index contributed by atoms with van der Waals surface area (Å²) in [4.78, 5) is 0. The maximum absolute atomic E-state index is 10.9. The Morgan fingerprint density at radius 2 is 1.15 bits per heavy atom. The summed E-state index contributed by atoms with van der Waals surface area (Å²) in [6.45, 7) is 2.07. The lowest BCUT2D eigenvalue weighted by molar-refractivity contribution is -0.277. The quantitative estimate of drug-likeness (QED) is 0.157. The average Bonchev–Trinajstić information content (AvgIpc) is 2.92. The Kier molecular flexibility index (Phi) is 9.60. The Balaban J connectivity index is 1.58. The van der Waals surface area contributed by atoms with Crippen molar-refractivity contribution in [2.45, 2.75) is 81.7 Å². The van der Waals surface area contributed by atoms with Gasteiger partial charge in [-0.2, -0.15) is 0 Å². The first kappa shape index (κ1) is 31.2. The van der Waals surface area contributed by atoms with Crippen LogP contribution < -0.4 is 9.47 Å². The predicted molar refractivity (Wildman–Crippen MR) is 137 cm³/mol. The van der Waals surface area contributed by atoms with Crippen molar-refractivity contribution in [2.24, 2.45) is 0 Å². The molecule has 14 heteroatoms. The second-order valence-corrected chi connectivity index (χ2v) is 10.3. The molecule has 2 aliphatic heterocycles. The van der Waals surface area contributed by atoms with E-state index in [2.05, 4.69) is 0 Å². The van der Waals surface area contributed by atoms with Crippen LogP contribution in [0.1, 0.15) is 22.3 Å². The number of aliphatic hydroxyl groups is 8. The minimum Gasteiger partial charge on any atom is -0.508 e. The highest BCUT2D eigenvalue weighted by atomic mass is 16.7. The molecule has 0 bridgehead atoms. The molecule has 2 fully saturated rings. The van der Waals surface area contributed by atoms with Crippen LogP contribution in [0.5, 0.6) is 23.0 Å². The Labute approximate surface area is 234 Å². The molecular weight excluding hydrogens is 548 g/mol. The van der Waals surface area contributed by atoms with Crippen LogP contribution in [0.25, 0.3) is 0 Å². The summed E-state index contributed by atoms with van der Waals surface area (Å²) in [5, 5.41) is 101. The molecule has 41 heavy (non-hydrogen) atoms. The number of aliphatic hydroxyl groups excluding tert-OH is 8. The number of hydrogen-bond acceptors (Lipinski definition) is 14. The van der Waals surface area contributed by atoms with Gasteiger partial charge in [0.25, 0.3) is 0 Å². The van der Waals surface area contributed by atoms with E-state index < -0.39 is 74.6 Å². The normalized spacial score (nSPS) is 33.9. The molecule has 10 N–H and O–H groups in total. The smallest absolute Gasteiger partial charge is 0.229 e. The van der Waals surface area contributed by atoms with Crippen molar-refractivity contribution in [1.82, 2.24) is 0 Å². The van der Waals surface area contributed by atoms with Gasteiger partial charge in [-0.25, -0.2) is 0 Å². The van der Waals surface area contributed by atoms with Gasteiger partial charge in [-0.1, -0.05) is 0 Å². The van der Waals surface area contributed by atoms with Gasteiger partial charge in [0.1, 0.15) is 71.8 Å². The number of phenols is 2. The van der Waals surface area contributed by atoms with Gasteiger partial charge in [0.15, 0.2) is 0 Å². The number of benzene rings is 2. The maximum atomic E-state index is 10.9. The Hall–Kier alpha value is -2.76. The van der Waals surface area contributed by atoms with Crippen LogP contribution >= 0.6 is 0 Å². The van der Waals surface area contributed by atoms with Crippen molar-refractivity contribution >= 4 is 0 Å². The molecule has 0 saturated carbocycles. The van der Waals surface area contributed by atoms with Crippen LogP contribution in [0.15, 0.2) is 24.3 Å². The lowest BCUT2D eigenvalue weighted by atomic mass is 9.95. The van der Waals surface area contributed by atoms with Gasteiger partial charge in [0.05, 0.1) is 13.2 Å². The zero-order chi connectivity index (χ0) is 30.2. The highest BCUT2D eigenvalue weighted by molar-refractivity contribution is 5.53. The van der Waals surface area contributed by atoms with E-state index >= 15 is 0 Å². The molecular formula is C27H36O14. The van der Waals surface area contributed by atoms with Gasteiger partial charge in [-0.15, -0.1) is 0 Å². The third-order valence-electron chi connectivity index (χ3n) is 7.39. The molecule has 2 aliphatic rings. The minimum absolute atomic E-state index is 0.0484. The number of phenolic OH excluding ortho intramolecular Hbond substituents is 2. The molecule has 2 heterocycles. The lowest BCUT2D eigenvalue weighted by Gasteiger charge is -2.39. The fourth-order valence-electron chi connectivity index (χ4n) is 4.93. The van der Waals surface area contributed by atoms with Crippen molar-refractivity contribution in [3.05, 3.63) is 46.5 Å². The topological polar surface area (TPSA) is 239 Å². The first-order valence-corrected chi connectivity index (χ1v) is 13.0. The molecule has 4 rings (SSSR count). The van der Waals surface area contributed by atoms with E-state index in [1.165, 1.54) is 24.3 Å². The van der Waals surface area contributed by atoms with Gasteiger partial charge in [-0.05, 0) is 37.1 Å². The standard InChI is InChI=1S/C27H36O14/c1-10-3-12(30)5-17(39-27-25(37)23(35)21(33)19(9-29)41-27)15(10)7-14-11(2)4-13(6-16(14)31)38-26-24(36)22(34)20(32)18(8-28)40-26/h3-6,18-37H,7-9H2,1-2H3. The van der Waals surface area contributed by atoms with Crippen LogP contribution in [0.3, 0.4) is 0 Å². The summed E-state index contributed by atoms with van der Waals surface area (Å²) in [6.07, 6.45) is -15.1. The highest BCUT2D eigenvalue weighted by Crippen LogP contribution is 2.37. The molecule has 2 aromatic carbocycles. The summed E-state index contributed by atoms with van der Waals surface area (Å²) >= 11 is 0. The molecule has 0 amide bonds. The number of aromatic hydroxyl groups is 2. The summed E-state index contributed by atoms with van der Waals surface area (Å²) in [5.74, 6) is -0.286. The molecule has 228 valence electrons. The van der Waals surface area contributed by atoms with E-state index in [0.717, 1.165) is 0 Å². The van der Waals surface area contributed by atoms with Crippen molar-refractivity contribution in [3.8, 4) is 23.0 Å². The third-order valence-corrected chi connectivity index (χ3v) is 7.39. The number of aryl methyl sites for hydroxylation is 2. The van der Waals surface area contributed by atoms with Crippen LogP contribution in [0.2, 0.25) is 0 Å². The van der Waals surface area contributed by atoms with Gasteiger partial charge in [0.2, 0.25) is 12.6 Å². The van der Waals surface area contributed by atoms with Crippen LogP contribution in [-0.2, 0) is 15.9 Å². The van der Waals surface area contributed by atoms with E-state index in [-0.39, 0.29) is 29.4 Å². The number of ether oxygens (including phenoxy) is 4. The first-order valence-electron chi connectivity index (χ1n) is 13.0. The molecule has 2 saturated heterocycles. The summed E-state index contributed by atoms with van der Waals surface area (Å²) in [7, 11) is 0. The van der Waals surface area contributed by atoms with Crippen LogP contribution in [0, 0.1) is 13.8 Å². The highest BCUT2D eigenvalue weighted by Gasteiger charge is 2.46. The predicted octanol–water partition coefficient (Wildman–Crippen LogP) is -2.34. The number of hydrogen-bond donors (Lipinski definition) is 10. The minimum atomic E-state index is -1.68. The average molecular weight is 585 g/mol. The van der Waals surface area contributed by atoms with Gasteiger partial charge in [0, 0.05) is 29.7 Å². The molecule has 10 unspecified atom stereocenters. The van der Waals surface area contributed by atoms with E-state index in [1.807, 2.05) is 0 Å². The second-order valence-electron chi connectivity index (χ2n) is 10.3. The van der Waals surface area contributed by atoms with E-state index in [4.69, 9.17) is 18.9 Å². The van der Waals surface area contributed by atoms with Crippen LogP contribution in [-0.4, -0.2) is 126 Å². The maximum Gasteiger partial charge on any atom is 0.229 e. The van der Waals surface area contributed by atoms with Gasteiger partial charge in [-0.3, -0.25) is 0 Å². The fourth-order valence-corrected chi connectivity index (χ4v) is 4.93. The first-order chi connectivity index (χ1) is 19.4. The summed E-state index contributed by atoms with van der Waals surface area (Å²) < 4.78 is 22.2. The van der Waals surface area contributed by atoms with E-state index in [1.54, 1.807) is 13.8 Å². The van der Waals surface area contributed by atoms with E-state index in [9.17, 15) is 51.1 Å². The van der Waals surface area contributed by atoms with Crippen molar-refractivity contribution in [2.75, 3.05) is 13.2 Å². The zero-order valence-electron chi connectivity index (χ0n) is 22.3. The molecule has 0 radical (unpaired) electrons. The molecule has 10 atom stereocenters. The van der Waals surface area contributed by atoms with Gasteiger partial charge < -0.3 is 70.0 Å². The Morgan fingerprint density at radius 1 is 0.634 bits per heavy atom. The SMILES string of the molecule is Cc1cc(OC2OC(CO)C(O)C(O)C2O)cc(O)c1Cc1c(C)cc(O)cc1OC1OC(CO)C(O)C(O)C1O. The molecule has 0 aromatic heterocycles. The third kappa shape index (κ3) is 6.36. The Bertz CT molecular complexity index is 1180. The zero-order valence-corrected chi connectivity index (χ0v) is 22.3. The summed E-state index contributed by atoms with van der Waals surface area (Å²) in [5.41, 5.74) is 1.96. The van der Waals surface area contributed by atoms with Crippen molar-refractivity contribution in [1.29, 1.82) is 0 Å². The fraction of sp³-hybridized carbons (Fsp3) is 0.556. The molecule has 0 aliphatic carbocycles. The van der Waals surface area contributed by atoms with E-state index in [0.29, 0.717) is 22.3 Å². The van der Waals surface area contributed by atoms with Crippen LogP contribution in [0.4, 0.5) is 0 Å². The molecule has 2 aromatic rings.